The van der Waals surface area contributed by atoms with Crippen molar-refractivity contribution in [3.05, 3.63) is 158 Å². The van der Waals surface area contributed by atoms with Crippen molar-refractivity contribution in [2.45, 2.75) is 0 Å². The third kappa shape index (κ3) is 4.38. The molecular formula is C41H26N2OS. The fourth-order valence-corrected chi connectivity index (χ4v) is 7.43. The predicted octanol–water partition coefficient (Wildman–Crippen LogP) is 12.2. The Morgan fingerprint density at radius 2 is 1.20 bits per heavy atom. The molecule has 0 spiro atoms. The Hall–Kier alpha value is -5.71. The van der Waals surface area contributed by atoms with Gasteiger partial charge in [-0.1, -0.05) is 97.1 Å². The maximum Gasteiger partial charge on any atom is 0.227 e. The summed E-state index contributed by atoms with van der Waals surface area (Å²) in [5, 5.41) is 4.71. The molecule has 2 aromatic heterocycles. The molecule has 3 nitrogen and oxygen atoms in total. The monoisotopic (exact) mass is 594 g/mol. The molecule has 0 saturated heterocycles. The molecule has 0 aliphatic rings. The zero-order chi connectivity index (χ0) is 29.7. The number of rotatable bonds is 5. The van der Waals surface area contributed by atoms with Crippen molar-refractivity contribution in [3.8, 4) is 22.6 Å². The van der Waals surface area contributed by atoms with E-state index >= 15 is 0 Å². The van der Waals surface area contributed by atoms with Crippen molar-refractivity contribution in [1.29, 1.82) is 0 Å². The molecule has 2 heterocycles. The van der Waals surface area contributed by atoms with Crippen LogP contribution >= 0.6 is 11.3 Å². The zero-order valence-electron chi connectivity index (χ0n) is 24.2. The Morgan fingerprint density at radius 3 is 2.02 bits per heavy atom. The molecule has 0 N–H and O–H groups in total. The molecule has 9 rings (SSSR count). The van der Waals surface area contributed by atoms with E-state index in [1.165, 1.54) is 31.3 Å². The standard InChI is InChI=1S/C41H26N2OS/c1-3-10-27(11-4-1)28-18-21-31(22-19-28)43(32-23-25-38-34(26-32)33-15-7-8-17-37(33)45-38)35-16-9-14-29-20-24-36-40(39(29)35)42-41(44-36)30-12-5-2-6-13-30/h1-26H. The van der Waals surface area contributed by atoms with Crippen LogP contribution in [0.4, 0.5) is 17.1 Å². The van der Waals surface area contributed by atoms with E-state index in [2.05, 4.69) is 126 Å². The van der Waals surface area contributed by atoms with Gasteiger partial charge in [0, 0.05) is 42.5 Å². The van der Waals surface area contributed by atoms with Crippen molar-refractivity contribution in [2.75, 3.05) is 4.90 Å². The van der Waals surface area contributed by atoms with E-state index in [0.717, 1.165) is 44.5 Å². The molecule has 212 valence electrons. The maximum absolute atomic E-state index is 6.34. The third-order valence-electron chi connectivity index (χ3n) is 8.49. The molecule has 0 amide bonds. The summed E-state index contributed by atoms with van der Waals surface area (Å²) in [6.45, 7) is 0. The molecule has 0 unspecified atom stereocenters. The van der Waals surface area contributed by atoms with Gasteiger partial charge >= 0.3 is 0 Å². The summed E-state index contributed by atoms with van der Waals surface area (Å²) in [4.78, 5) is 7.45. The summed E-state index contributed by atoms with van der Waals surface area (Å²) in [6.07, 6.45) is 0. The molecule has 4 heteroatoms. The first-order valence-electron chi connectivity index (χ1n) is 15.0. The summed E-state index contributed by atoms with van der Waals surface area (Å²) in [7, 11) is 0. The van der Waals surface area contributed by atoms with E-state index < -0.39 is 0 Å². The summed E-state index contributed by atoms with van der Waals surface area (Å²) >= 11 is 1.84. The van der Waals surface area contributed by atoms with Gasteiger partial charge in [0.25, 0.3) is 0 Å². The minimum absolute atomic E-state index is 0.623. The second kappa shape index (κ2) is 10.5. The molecule has 0 aliphatic heterocycles. The number of hydrogen-bond donors (Lipinski definition) is 0. The van der Waals surface area contributed by atoms with Gasteiger partial charge in [-0.2, -0.15) is 0 Å². The van der Waals surface area contributed by atoms with Crippen LogP contribution in [-0.2, 0) is 0 Å². The molecule has 0 bridgehead atoms. The van der Waals surface area contributed by atoms with Crippen LogP contribution in [0.1, 0.15) is 0 Å². The minimum Gasteiger partial charge on any atom is -0.436 e. The molecule has 0 saturated carbocycles. The SMILES string of the molecule is c1ccc(-c2ccc(N(c3ccc4sc5ccccc5c4c3)c3cccc4ccc5oc(-c6ccccc6)nc5c34)cc2)cc1. The van der Waals surface area contributed by atoms with E-state index in [4.69, 9.17) is 9.40 Å². The quantitative estimate of drug-likeness (QED) is 0.198. The lowest BCUT2D eigenvalue weighted by atomic mass is 10.0. The first kappa shape index (κ1) is 25.8. The number of benzene rings is 7. The van der Waals surface area contributed by atoms with Crippen LogP contribution in [0.5, 0.6) is 0 Å². The summed E-state index contributed by atoms with van der Waals surface area (Å²) < 4.78 is 8.92. The Morgan fingerprint density at radius 1 is 0.511 bits per heavy atom. The van der Waals surface area contributed by atoms with Crippen LogP contribution < -0.4 is 4.90 Å². The number of aromatic nitrogens is 1. The van der Waals surface area contributed by atoms with E-state index in [-0.39, 0.29) is 0 Å². The van der Waals surface area contributed by atoms with Gasteiger partial charge in [0.15, 0.2) is 5.58 Å². The van der Waals surface area contributed by atoms with Gasteiger partial charge in [-0.3, -0.25) is 0 Å². The van der Waals surface area contributed by atoms with Crippen LogP contribution in [0, 0.1) is 0 Å². The number of oxazole rings is 1. The lowest BCUT2D eigenvalue weighted by Crippen LogP contribution is -2.10. The predicted molar refractivity (Wildman–Crippen MR) is 190 cm³/mol. The van der Waals surface area contributed by atoms with Crippen LogP contribution in [-0.4, -0.2) is 4.98 Å². The average molecular weight is 595 g/mol. The molecule has 0 radical (unpaired) electrons. The van der Waals surface area contributed by atoms with E-state index in [1.54, 1.807) is 0 Å². The largest absolute Gasteiger partial charge is 0.436 e. The normalized spacial score (nSPS) is 11.6. The summed E-state index contributed by atoms with van der Waals surface area (Å²) in [5.41, 5.74) is 8.19. The fourth-order valence-electron chi connectivity index (χ4n) is 6.35. The van der Waals surface area contributed by atoms with Crippen molar-refractivity contribution >= 4 is 70.4 Å². The number of thiophene rings is 1. The summed E-state index contributed by atoms with van der Waals surface area (Å²) in [5.74, 6) is 0.623. The maximum atomic E-state index is 6.34. The Bertz CT molecular complexity index is 2480. The lowest BCUT2D eigenvalue weighted by Gasteiger charge is -2.27. The zero-order valence-corrected chi connectivity index (χ0v) is 25.0. The second-order valence-corrected chi connectivity index (χ2v) is 12.3. The Balaban J connectivity index is 1.29. The van der Waals surface area contributed by atoms with Gasteiger partial charge in [0.2, 0.25) is 5.89 Å². The fraction of sp³-hybridized carbons (Fsp3) is 0. The molecule has 7 aromatic carbocycles. The highest BCUT2D eigenvalue weighted by atomic mass is 32.1. The minimum atomic E-state index is 0.623. The highest BCUT2D eigenvalue weighted by Crippen LogP contribution is 2.44. The van der Waals surface area contributed by atoms with Crippen LogP contribution in [0.25, 0.3) is 64.6 Å². The number of anilines is 3. The van der Waals surface area contributed by atoms with Gasteiger partial charge in [-0.25, -0.2) is 4.98 Å². The van der Waals surface area contributed by atoms with Crippen molar-refractivity contribution in [3.63, 3.8) is 0 Å². The van der Waals surface area contributed by atoms with E-state index in [0.29, 0.717) is 5.89 Å². The van der Waals surface area contributed by atoms with Gasteiger partial charge in [0.05, 0.1) is 5.69 Å². The molecule has 0 aliphatic carbocycles. The highest BCUT2D eigenvalue weighted by molar-refractivity contribution is 7.25. The van der Waals surface area contributed by atoms with Crippen LogP contribution in [0.3, 0.4) is 0 Å². The lowest BCUT2D eigenvalue weighted by molar-refractivity contribution is 0.620. The third-order valence-corrected chi connectivity index (χ3v) is 9.64. The molecule has 9 aromatic rings. The smallest absolute Gasteiger partial charge is 0.227 e. The van der Waals surface area contributed by atoms with Crippen molar-refractivity contribution in [2.24, 2.45) is 0 Å². The molecule has 45 heavy (non-hydrogen) atoms. The Labute approximate surface area is 264 Å². The van der Waals surface area contributed by atoms with Gasteiger partial charge in [-0.15, -0.1) is 11.3 Å². The van der Waals surface area contributed by atoms with Crippen LogP contribution in [0.15, 0.2) is 162 Å². The van der Waals surface area contributed by atoms with Crippen LogP contribution in [0.2, 0.25) is 0 Å². The number of hydrogen-bond acceptors (Lipinski definition) is 4. The Kier molecular flexibility index (Phi) is 6.00. The number of fused-ring (bicyclic) bond motifs is 6. The first-order chi connectivity index (χ1) is 22.3. The van der Waals surface area contributed by atoms with Gasteiger partial charge < -0.3 is 9.32 Å². The van der Waals surface area contributed by atoms with Gasteiger partial charge in [0.1, 0.15) is 5.52 Å². The molecule has 0 atom stereocenters. The van der Waals surface area contributed by atoms with E-state index in [1.807, 2.05) is 47.7 Å². The van der Waals surface area contributed by atoms with Crippen molar-refractivity contribution in [1.82, 2.24) is 4.98 Å². The highest BCUT2D eigenvalue weighted by Gasteiger charge is 2.21. The van der Waals surface area contributed by atoms with E-state index in [9.17, 15) is 0 Å². The average Bonchev–Trinajstić information content (AvgIpc) is 3.72. The molecular weight excluding hydrogens is 569 g/mol. The second-order valence-electron chi connectivity index (χ2n) is 11.2. The molecule has 0 fully saturated rings. The number of nitrogens with zero attached hydrogens (tertiary/aromatic N) is 2. The topological polar surface area (TPSA) is 29.3 Å². The first-order valence-corrected chi connectivity index (χ1v) is 15.9. The summed E-state index contributed by atoms with van der Waals surface area (Å²) in [6, 6.07) is 55.6. The van der Waals surface area contributed by atoms with Gasteiger partial charge in [-0.05, 0) is 77.2 Å². The van der Waals surface area contributed by atoms with Crippen molar-refractivity contribution < 1.29 is 4.42 Å².